The van der Waals surface area contributed by atoms with E-state index in [1.165, 1.54) is 21.5 Å². The van der Waals surface area contributed by atoms with Gasteiger partial charge in [0, 0.05) is 25.2 Å². The van der Waals surface area contributed by atoms with Crippen LogP contribution >= 0.6 is 0 Å². The van der Waals surface area contributed by atoms with Crippen LogP contribution in [0.2, 0.25) is 0 Å². The van der Waals surface area contributed by atoms with E-state index >= 15 is 0 Å². The smallest absolute Gasteiger partial charge is 0.414 e. The standard InChI is InChI=1S/C30H34N4O2.C2H2O4/c1-21(25-13-11-23-7-3-5-9-27(23)17-25)33-19-29(35)31-15-16-32-30(36)20-34-22(2)26-14-12-24-8-4-6-10-28(24)18-26;3-1(4)2(5)6/h3-14,17-18,21-22,33-34H,15-16,19-20H2,1-2H3,(H,31,35)(H,32,36);(H,3,4)(H,5,6). The molecule has 0 heterocycles. The summed E-state index contributed by atoms with van der Waals surface area (Å²) < 4.78 is 0. The molecule has 4 rings (SSSR count). The molecule has 220 valence electrons. The lowest BCUT2D eigenvalue weighted by Crippen LogP contribution is -2.41. The molecule has 2 unspecified atom stereocenters. The van der Waals surface area contributed by atoms with Crippen LogP contribution in [0.15, 0.2) is 84.9 Å². The normalized spacial score (nSPS) is 12.0. The lowest BCUT2D eigenvalue weighted by molar-refractivity contribution is -0.159. The van der Waals surface area contributed by atoms with Crippen LogP contribution in [-0.2, 0) is 19.2 Å². The van der Waals surface area contributed by atoms with E-state index in [9.17, 15) is 9.59 Å². The van der Waals surface area contributed by atoms with Gasteiger partial charge in [-0.15, -0.1) is 0 Å². The van der Waals surface area contributed by atoms with Gasteiger partial charge >= 0.3 is 11.9 Å². The summed E-state index contributed by atoms with van der Waals surface area (Å²) >= 11 is 0. The highest BCUT2D eigenvalue weighted by Gasteiger charge is 2.10. The van der Waals surface area contributed by atoms with Crippen molar-refractivity contribution in [2.45, 2.75) is 25.9 Å². The average Bonchev–Trinajstić information content (AvgIpc) is 3.00. The van der Waals surface area contributed by atoms with Crippen LogP contribution in [0.3, 0.4) is 0 Å². The SMILES string of the molecule is CC(NCC(=O)NCCNC(=O)CNC(C)c1ccc2ccccc2c1)c1ccc2ccccc2c1.O=C(O)C(=O)O. The number of benzene rings is 4. The predicted octanol–water partition coefficient (Wildman–Crippen LogP) is 3.38. The van der Waals surface area contributed by atoms with Crippen LogP contribution < -0.4 is 21.3 Å². The Kier molecular flexibility index (Phi) is 12.0. The highest BCUT2D eigenvalue weighted by molar-refractivity contribution is 6.27. The maximum absolute atomic E-state index is 12.2. The summed E-state index contributed by atoms with van der Waals surface area (Å²) in [5.74, 6) is -3.84. The molecule has 0 aliphatic heterocycles. The van der Waals surface area contributed by atoms with Gasteiger partial charge in [-0.3, -0.25) is 9.59 Å². The number of carboxylic acids is 2. The zero-order valence-electron chi connectivity index (χ0n) is 23.6. The first-order valence-corrected chi connectivity index (χ1v) is 13.6. The Hall–Kier alpha value is -4.80. The Bertz CT molecular complexity index is 1420. The number of carbonyl (C=O) groups is 4. The molecule has 0 saturated carbocycles. The molecule has 0 aliphatic carbocycles. The minimum absolute atomic E-state index is 0.0516. The van der Waals surface area contributed by atoms with Crippen molar-refractivity contribution in [2.24, 2.45) is 0 Å². The first-order valence-electron chi connectivity index (χ1n) is 13.6. The Morgan fingerprint density at radius 3 is 1.29 bits per heavy atom. The summed E-state index contributed by atoms with van der Waals surface area (Å²) in [4.78, 5) is 42.6. The lowest BCUT2D eigenvalue weighted by atomic mass is 10.0. The fourth-order valence-electron chi connectivity index (χ4n) is 4.21. The molecule has 0 fully saturated rings. The molecular formula is C32H36N4O6. The van der Waals surface area contributed by atoms with Crippen molar-refractivity contribution in [1.82, 2.24) is 21.3 Å². The fraction of sp³-hybridized carbons (Fsp3) is 0.250. The number of nitrogens with one attached hydrogen (secondary N) is 4. The first-order chi connectivity index (χ1) is 20.1. The van der Waals surface area contributed by atoms with E-state index in [1.54, 1.807) is 0 Å². The van der Waals surface area contributed by atoms with Gasteiger partial charge < -0.3 is 31.5 Å². The molecule has 10 nitrogen and oxygen atoms in total. The van der Waals surface area contributed by atoms with Crippen molar-refractivity contribution < 1.29 is 29.4 Å². The van der Waals surface area contributed by atoms with Gasteiger partial charge in [0.15, 0.2) is 0 Å². The number of hydrogen-bond donors (Lipinski definition) is 6. The largest absolute Gasteiger partial charge is 0.473 e. The summed E-state index contributed by atoms with van der Waals surface area (Å²) in [6.07, 6.45) is 0. The molecule has 4 aromatic carbocycles. The maximum atomic E-state index is 12.2. The lowest BCUT2D eigenvalue weighted by Gasteiger charge is -2.16. The van der Waals surface area contributed by atoms with Crippen LogP contribution in [0.25, 0.3) is 21.5 Å². The highest BCUT2D eigenvalue weighted by atomic mass is 16.4. The number of rotatable bonds is 11. The summed E-state index contributed by atoms with van der Waals surface area (Å²) in [5, 5.41) is 31.8. The van der Waals surface area contributed by atoms with E-state index < -0.39 is 11.9 Å². The molecule has 2 atom stereocenters. The Balaban J connectivity index is 0.000000730. The van der Waals surface area contributed by atoms with E-state index in [2.05, 4.69) is 81.9 Å². The van der Waals surface area contributed by atoms with Crippen LogP contribution in [0.4, 0.5) is 0 Å². The van der Waals surface area contributed by atoms with E-state index in [-0.39, 0.29) is 37.0 Å². The van der Waals surface area contributed by atoms with Crippen molar-refractivity contribution >= 4 is 45.3 Å². The molecule has 6 N–H and O–H groups in total. The molecule has 0 radical (unpaired) electrons. The van der Waals surface area contributed by atoms with Crippen LogP contribution in [0.1, 0.15) is 37.1 Å². The van der Waals surface area contributed by atoms with Crippen LogP contribution in [0.5, 0.6) is 0 Å². The van der Waals surface area contributed by atoms with Gasteiger partial charge in [0.2, 0.25) is 11.8 Å². The van der Waals surface area contributed by atoms with Gasteiger partial charge in [-0.1, -0.05) is 72.8 Å². The topological polar surface area (TPSA) is 157 Å². The van der Waals surface area contributed by atoms with E-state index in [1.807, 2.05) is 38.1 Å². The van der Waals surface area contributed by atoms with Crippen LogP contribution in [0, 0.1) is 0 Å². The number of fused-ring (bicyclic) bond motifs is 2. The van der Waals surface area contributed by atoms with Gasteiger partial charge in [0.25, 0.3) is 0 Å². The number of aliphatic carboxylic acids is 2. The highest BCUT2D eigenvalue weighted by Crippen LogP contribution is 2.21. The number of hydrogen-bond acceptors (Lipinski definition) is 6. The average molecular weight is 573 g/mol. The number of amides is 2. The minimum atomic E-state index is -1.82. The summed E-state index contributed by atoms with van der Waals surface area (Å²) in [6.45, 7) is 5.29. The van der Waals surface area contributed by atoms with Gasteiger partial charge in [-0.25, -0.2) is 9.59 Å². The molecule has 0 aliphatic rings. The quantitative estimate of drug-likeness (QED) is 0.118. The predicted molar refractivity (Wildman–Crippen MR) is 162 cm³/mol. The van der Waals surface area contributed by atoms with E-state index in [4.69, 9.17) is 19.8 Å². The monoisotopic (exact) mass is 572 g/mol. The Morgan fingerprint density at radius 1 is 0.571 bits per heavy atom. The molecule has 4 aromatic rings. The zero-order valence-corrected chi connectivity index (χ0v) is 23.6. The molecule has 10 heteroatoms. The van der Waals surface area contributed by atoms with Crippen LogP contribution in [-0.4, -0.2) is 60.1 Å². The molecule has 42 heavy (non-hydrogen) atoms. The first kappa shape index (κ1) is 31.7. The van der Waals surface area contributed by atoms with Crippen molar-refractivity contribution in [3.05, 3.63) is 96.1 Å². The second kappa shape index (κ2) is 15.8. The molecule has 0 spiro atoms. The molecule has 0 saturated heterocycles. The summed E-state index contributed by atoms with van der Waals surface area (Å²) in [6, 6.07) is 29.2. The van der Waals surface area contributed by atoms with Gasteiger partial charge in [0.05, 0.1) is 13.1 Å². The van der Waals surface area contributed by atoms with Gasteiger partial charge in [0.1, 0.15) is 0 Å². The Morgan fingerprint density at radius 2 is 0.929 bits per heavy atom. The summed E-state index contributed by atoms with van der Waals surface area (Å²) in [5.41, 5.74) is 2.28. The van der Waals surface area contributed by atoms with Gasteiger partial charge in [-0.05, 0) is 58.7 Å². The minimum Gasteiger partial charge on any atom is -0.473 e. The van der Waals surface area contributed by atoms with Gasteiger partial charge in [-0.2, -0.15) is 0 Å². The van der Waals surface area contributed by atoms with Crippen molar-refractivity contribution in [3.63, 3.8) is 0 Å². The third kappa shape index (κ3) is 9.99. The Labute approximate surface area is 244 Å². The third-order valence-corrected chi connectivity index (χ3v) is 6.64. The van der Waals surface area contributed by atoms with E-state index in [0.717, 1.165) is 11.1 Å². The molecule has 0 aromatic heterocycles. The molecular weight excluding hydrogens is 536 g/mol. The second-order valence-electron chi connectivity index (χ2n) is 9.73. The summed E-state index contributed by atoms with van der Waals surface area (Å²) in [7, 11) is 0. The number of carboxylic acid groups (broad SMARTS) is 2. The third-order valence-electron chi connectivity index (χ3n) is 6.64. The van der Waals surface area contributed by atoms with Crippen molar-refractivity contribution in [2.75, 3.05) is 26.2 Å². The van der Waals surface area contributed by atoms with Crippen molar-refractivity contribution in [1.29, 1.82) is 0 Å². The molecule has 0 bridgehead atoms. The second-order valence-corrected chi connectivity index (χ2v) is 9.73. The molecule has 2 amide bonds. The maximum Gasteiger partial charge on any atom is 0.414 e. The fourth-order valence-corrected chi connectivity index (χ4v) is 4.21. The van der Waals surface area contributed by atoms with Crippen molar-refractivity contribution in [3.8, 4) is 0 Å². The zero-order chi connectivity index (χ0) is 30.5. The number of carbonyl (C=O) groups excluding carboxylic acids is 2. The van der Waals surface area contributed by atoms with E-state index in [0.29, 0.717) is 13.1 Å².